The Morgan fingerprint density at radius 1 is 1.19 bits per heavy atom. The zero-order chi connectivity index (χ0) is 22.1. The number of fused-ring (bicyclic) bond motifs is 1. The molecule has 1 atom stereocenters. The van der Waals surface area contributed by atoms with Crippen molar-refractivity contribution in [3.8, 4) is 11.4 Å². The van der Waals surface area contributed by atoms with Gasteiger partial charge in [-0.2, -0.15) is 4.98 Å². The highest BCUT2D eigenvalue weighted by molar-refractivity contribution is 5.84. The summed E-state index contributed by atoms with van der Waals surface area (Å²) < 4.78 is 13.6. The van der Waals surface area contributed by atoms with Crippen molar-refractivity contribution in [1.82, 2.24) is 24.6 Å². The second-order valence-corrected chi connectivity index (χ2v) is 7.93. The number of carbonyl (C=O) groups is 1. The van der Waals surface area contributed by atoms with E-state index >= 15 is 0 Å². The Balaban J connectivity index is 1.65. The molecular weight excluding hydrogens is 398 g/mol. The van der Waals surface area contributed by atoms with Crippen molar-refractivity contribution in [2.45, 2.75) is 52.7 Å². The van der Waals surface area contributed by atoms with Crippen molar-refractivity contribution in [3.63, 3.8) is 0 Å². The molecule has 0 saturated heterocycles. The molecule has 31 heavy (non-hydrogen) atoms. The van der Waals surface area contributed by atoms with Crippen LogP contribution in [0.1, 0.15) is 38.5 Å². The smallest absolute Gasteiger partial charge is 0.329 e. The van der Waals surface area contributed by atoms with Gasteiger partial charge >= 0.3 is 5.69 Å². The number of imidazole rings is 1. The molecule has 1 amide bonds. The Morgan fingerprint density at radius 2 is 2.00 bits per heavy atom. The van der Waals surface area contributed by atoms with E-state index < -0.39 is 0 Å². The molecule has 0 radical (unpaired) electrons. The van der Waals surface area contributed by atoms with Crippen LogP contribution in [0.4, 0.5) is 0 Å². The summed E-state index contributed by atoms with van der Waals surface area (Å²) in [5, 5.41) is 6.89. The second-order valence-electron chi connectivity index (χ2n) is 7.93. The van der Waals surface area contributed by atoms with E-state index in [-0.39, 0.29) is 30.2 Å². The van der Waals surface area contributed by atoms with Crippen molar-refractivity contribution in [2.24, 2.45) is 0 Å². The van der Waals surface area contributed by atoms with Gasteiger partial charge in [0.15, 0.2) is 0 Å². The SMILES string of the molecule is Cc1nc(-c2ccc3c(c2)n(CC(=O)N[C@@H](C)Cc2ccco2)c(=O)n3C(C)C)no1. The first-order chi connectivity index (χ1) is 14.8. The van der Waals surface area contributed by atoms with Crippen LogP contribution in [0.15, 0.2) is 50.3 Å². The van der Waals surface area contributed by atoms with Crippen LogP contribution in [0.5, 0.6) is 0 Å². The zero-order valence-corrected chi connectivity index (χ0v) is 18.0. The number of amides is 1. The maximum absolute atomic E-state index is 13.1. The van der Waals surface area contributed by atoms with Crippen LogP contribution >= 0.6 is 0 Å². The van der Waals surface area contributed by atoms with E-state index in [4.69, 9.17) is 8.94 Å². The highest BCUT2D eigenvalue weighted by Crippen LogP contribution is 2.24. The summed E-state index contributed by atoms with van der Waals surface area (Å²) in [4.78, 5) is 30.1. The summed E-state index contributed by atoms with van der Waals surface area (Å²) in [6, 6.07) is 9.00. The van der Waals surface area contributed by atoms with Crippen molar-refractivity contribution in [2.75, 3.05) is 0 Å². The third kappa shape index (κ3) is 4.16. The van der Waals surface area contributed by atoms with Gasteiger partial charge in [-0.3, -0.25) is 13.9 Å². The summed E-state index contributed by atoms with van der Waals surface area (Å²) in [7, 11) is 0. The van der Waals surface area contributed by atoms with Gasteiger partial charge in [-0.1, -0.05) is 5.16 Å². The molecule has 0 spiro atoms. The summed E-state index contributed by atoms with van der Waals surface area (Å²) in [6.07, 6.45) is 2.18. The molecule has 0 fully saturated rings. The lowest BCUT2D eigenvalue weighted by molar-refractivity contribution is -0.122. The Kier molecular flexibility index (Phi) is 5.50. The van der Waals surface area contributed by atoms with E-state index in [1.54, 1.807) is 17.8 Å². The number of hydrogen-bond donors (Lipinski definition) is 1. The number of aryl methyl sites for hydroxylation is 1. The summed E-state index contributed by atoms with van der Waals surface area (Å²) in [5.41, 5.74) is 1.87. The number of nitrogens with one attached hydrogen (secondary N) is 1. The van der Waals surface area contributed by atoms with E-state index in [2.05, 4.69) is 15.5 Å². The highest BCUT2D eigenvalue weighted by atomic mass is 16.5. The van der Waals surface area contributed by atoms with Crippen LogP contribution in [0, 0.1) is 6.92 Å². The van der Waals surface area contributed by atoms with Gasteiger partial charge in [0, 0.05) is 31.0 Å². The van der Waals surface area contributed by atoms with E-state index in [0.717, 1.165) is 11.3 Å². The maximum atomic E-state index is 13.1. The predicted molar refractivity (Wildman–Crippen MR) is 115 cm³/mol. The molecule has 162 valence electrons. The lowest BCUT2D eigenvalue weighted by Gasteiger charge is -2.13. The van der Waals surface area contributed by atoms with Crippen molar-refractivity contribution < 1.29 is 13.7 Å². The Morgan fingerprint density at radius 3 is 2.65 bits per heavy atom. The van der Waals surface area contributed by atoms with Gasteiger partial charge in [-0.05, 0) is 51.1 Å². The van der Waals surface area contributed by atoms with Gasteiger partial charge in [0.05, 0.1) is 17.3 Å². The van der Waals surface area contributed by atoms with Crippen LogP contribution in [0.3, 0.4) is 0 Å². The third-order valence-corrected chi connectivity index (χ3v) is 5.06. The topological polar surface area (TPSA) is 108 Å². The number of rotatable bonds is 7. The normalized spacial score (nSPS) is 12.5. The van der Waals surface area contributed by atoms with Crippen LogP contribution < -0.4 is 11.0 Å². The molecule has 0 bridgehead atoms. The number of carbonyl (C=O) groups excluding carboxylic acids is 1. The van der Waals surface area contributed by atoms with Crippen molar-refractivity contribution in [1.29, 1.82) is 0 Å². The van der Waals surface area contributed by atoms with Crippen LogP contribution in [-0.2, 0) is 17.8 Å². The molecular formula is C22H25N5O4. The largest absolute Gasteiger partial charge is 0.469 e. The standard InChI is InChI=1S/C22H25N5O4/c1-13(2)27-18-8-7-16(21-24-15(4)31-25-21)11-19(18)26(22(27)29)12-20(28)23-14(3)10-17-6-5-9-30-17/h5-9,11,13-14H,10,12H2,1-4H3,(H,23,28)/t14-/m0/s1. The van der Waals surface area contributed by atoms with E-state index in [0.29, 0.717) is 29.2 Å². The molecule has 0 aliphatic carbocycles. The lowest BCUT2D eigenvalue weighted by Crippen LogP contribution is -2.38. The minimum absolute atomic E-state index is 0.0598. The van der Waals surface area contributed by atoms with Gasteiger partial charge in [-0.25, -0.2) is 4.79 Å². The Labute approximate surface area is 178 Å². The molecule has 4 aromatic rings. The monoisotopic (exact) mass is 423 g/mol. The molecule has 1 aromatic carbocycles. The van der Waals surface area contributed by atoms with Crippen LogP contribution in [0.2, 0.25) is 0 Å². The Bertz CT molecular complexity index is 1260. The Hall–Kier alpha value is -3.62. The van der Waals surface area contributed by atoms with E-state index in [1.807, 2.05) is 51.1 Å². The minimum Gasteiger partial charge on any atom is -0.469 e. The van der Waals surface area contributed by atoms with Crippen LogP contribution in [0.25, 0.3) is 22.4 Å². The number of hydrogen-bond acceptors (Lipinski definition) is 6. The lowest BCUT2D eigenvalue weighted by atomic mass is 10.2. The summed E-state index contributed by atoms with van der Waals surface area (Å²) in [6.45, 7) is 7.40. The third-order valence-electron chi connectivity index (χ3n) is 5.06. The second kappa shape index (κ2) is 8.25. The fourth-order valence-electron chi connectivity index (χ4n) is 3.73. The average Bonchev–Trinajstić information content (AvgIpc) is 3.42. The minimum atomic E-state index is -0.246. The van der Waals surface area contributed by atoms with Gasteiger partial charge in [0.25, 0.3) is 0 Å². The average molecular weight is 423 g/mol. The van der Waals surface area contributed by atoms with E-state index in [9.17, 15) is 9.59 Å². The first-order valence-corrected chi connectivity index (χ1v) is 10.2. The number of furan rings is 1. The van der Waals surface area contributed by atoms with Gasteiger partial charge in [0.1, 0.15) is 12.3 Å². The van der Waals surface area contributed by atoms with Gasteiger partial charge in [-0.15, -0.1) is 0 Å². The first-order valence-electron chi connectivity index (χ1n) is 10.2. The molecule has 3 heterocycles. The summed E-state index contributed by atoms with van der Waals surface area (Å²) in [5.74, 6) is 1.44. The first kappa shape index (κ1) is 20.6. The maximum Gasteiger partial charge on any atom is 0.329 e. The number of nitrogens with zero attached hydrogens (tertiary/aromatic N) is 4. The molecule has 1 N–H and O–H groups in total. The molecule has 0 unspecified atom stereocenters. The number of aromatic nitrogens is 4. The number of benzene rings is 1. The van der Waals surface area contributed by atoms with Gasteiger partial charge < -0.3 is 14.3 Å². The highest BCUT2D eigenvalue weighted by Gasteiger charge is 2.20. The zero-order valence-electron chi connectivity index (χ0n) is 18.0. The molecule has 4 rings (SSSR count). The van der Waals surface area contributed by atoms with Gasteiger partial charge in [0.2, 0.25) is 17.6 Å². The molecule has 0 aliphatic rings. The fourth-order valence-corrected chi connectivity index (χ4v) is 3.73. The van der Waals surface area contributed by atoms with Crippen molar-refractivity contribution in [3.05, 3.63) is 58.7 Å². The van der Waals surface area contributed by atoms with Crippen LogP contribution in [-0.4, -0.2) is 31.2 Å². The molecule has 3 aromatic heterocycles. The fraction of sp³-hybridized carbons (Fsp3) is 0.364. The summed E-state index contributed by atoms with van der Waals surface area (Å²) >= 11 is 0. The predicted octanol–water partition coefficient (Wildman–Crippen LogP) is 3.08. The molecule has 0 saturated carbocycles. The molecule has 9 nitrogen and oxygen atoms in total. The van der Waals surface area contributed by atoms with Crippen molar-refractivity contribution >= 4 is 16.9 Å². The van der Waals surface area contributed by atoms with E-state index in [1.165, 1.54) is 4.57 Å². The quantitative estimate of drug-likeness (QED) is 0.489. The molecule has 9 heteroatoms. The molecule has 0 aliphatic heterocycles.